The number of fused-ring (bicyclic) bond motifs is 1. The lowest BCUT2D eigenvalue weighted by atomic mass is 10.1. The monoisotopic (exact) mass is 319 g/mol. The maximum Gasteiger partial charge on any atom is 0.220 e. The average Bonchev–Trinajstić information content (AvgIpc) is 3.11. The number of aromatic nitrogens is 4. The van der Waals surface area contributed by atoms with Gasteiger partial charge in [-0.05, 0) is 25.8 Å². The predicted octanol–water partition coefficient (Wildman–Crippen LogP) is -0.672. The number of aliphatic hydroxyl groups is 1. The standard InChI is InChI=1S/C14H21N7O2/c15-5-1-2-10(22)20-8-3-4-9(12(8)23)21-7-19-11-13(16)17-6-18-14(11)21/h6-9,12,23H,1-5,15H2,(H,20,22)(H2,16,17,18)/t8-,9-,12-/m0/s1. The Bertz CT molecular complexity index is 701. The number of hydrogen-bond acceptors (Lipinski definition) is 7. The minimum absolute atomic E-state index is 0.0813. The highest BCUT2D eigenvalue weighted by molar-refractivity contribution is 5.81. The molecule has 0 bridgehead atoms. The van der Waals surface area contributed by atoms with Gasteiger partial charge in [-0.2, -0.15) is 0 Å². The van der Waals surface area contributed by atoms with Crippen molar-refractivity contribution in [2.75, 3.05) is 12.3 Å². The van der Waals surface area contributed by atoms with Gasteiger partial charge in [0.05, 0.1) is 24.5 Å². The van der Waals surface area contributed by atoms with E-state index >= 15 is 0 Å². The number of carbonyl (C=O) groups is 1. The van der Waals surface area contributed by atoms with Gasteiger partial charge in [-0.15, -0.1) is 0 Å². The fourth-order valence-electron chi connectivity index (χ4n) is 3.08. The van der Waals surface area contributed by atoms with Gasteiger partial charge in [0.1, 0.15) is 11.8 Å². The van der Waals surface area contributed by atoms with Gasteiger partial charge in [-0.1, -0.05) is 0 Å². The van der Waals surface area contributed by atoms with E-state index in [0.717, 1.165) is 6.42 Å². The van der Waals surface area contributed by atoms with E-state index in [2.05, 4.69) is 20.3 Å². The molecular formula is C14H21N7O2. The summed E-state index contributed by atoms with van der Waals surface area (Å²) in [6.45, 7) is 0.478. The van der Waals surface area contributed by atoms with Gasteiger partial charge >= 0.3 is 0 Å². The second-order valence-corrected chi connectivity index (χ2v) is 5.78. The van der Waals surface area contributed by atoms with Gasteiger partial charge < -0.3 is 26.5 Å². The smallest absolute Gasteiger partial charge is 0.220 e. The van der Waals surface area contributed by atoms with Crippen molar-refractivity contribution in [1.82, 2.24) is 24.8 Å². The third kappa shape index (κ3) is 2.97. The first-order valence-corrected chi connectivity index (χ1v) is 7.72. The molecule has 0 saturated heterocycles. The highest BCUT2D eigenvalue weighted by Gasteiger charge is 2.37. The van der Waals surface area contributed by atoms with Crippen LogP contribution in [0.25, 0.3) is 11.2 Å². The Hall–Kier alpha value is -2.26. The Morgan fingerprint density at radius 3 is 3.00 bits per heavy atom. The van der Waals surface area contributed by atoms with Crippen LogP contribution in [0.2, 0.25) is 0 Å². The molecule has 0 unspecified atom stereocenters. The third-order valence-corrected chi connectivity index (χ3v) is 4.28. The number of nitrogen functional groups attached to an aromatic ring is 1. The van der Waals surface area contributed by atoms with E-state index in [-0.39, 0.29) is 18.0 Å². The number of amides is 1. The van der Waals surface area contributed by atoms with E-state index in [9.17, 15) is 9.90 Å². The minimum Gasteiger partial charge on any atom is -0.389 e. The molecule has 0 spiro atoms. The summed E-state index contributed by atoms with van der Waals surface area (Å²) >= 11 is 0. The topological polar surface area (TPSA) is 145 Å². The van der Waals surface area contributed by atoms with Gasteiger partial charge in [-0.3, -0.25) is 4.79 Å². The SMILES string of the molecule is NCCCC(=O)N[C@H]1CC[C@H](n2cnc3c(N)ncnc32)[C@H]1O. The van der Waals surface area contributed by atoms with E-state index in [1.165, 1.54) is 6.33 Å². The van der Waals surface area contributed by atoms with Crippen molar-refractivity contribution < 1.29 is 9.90 Å². The molecule has 2 aromatic rings. The zero-order valence-corrected chi connectivity index (χ0v) is 12.7. The molecule has 9 heteroatoms. The molecule has 0 aliphatic heterocycles. The highest BCUT2D eigenvalue weighted by Crippen LogP contribution is 2.33. The minimum atomic E-state index is -0.703. The number of carbonyl (C=O) groups excluding carboxylic acids is 1. The number of imidazole rings is 1. The zero-order valence-electron chi connectivity index (χ0n) is 12.7. The lowest BCUT2D eigenvalue weighted by Crippen LogP contribution is -2.42. The Labute approximate surface area is 133 Å². The summed E-state index contributed by atoms with van der Waals surface area (Å²) in [6.07, 6.45) is 4.72. The molecule has 1 amide bonds. The molecule has 23 heavy (non-hydrogen) atoms. The number of hydrogen-bond donors (Lipinski definition) is 4. The molecule has 3 rings (SSSR count). The van der Waals surface area contributed by atoms with Crippen LogP contribution in [0.4, 0.5) is 5.82 Å². The first-order chi connectivity index (χ1) is 11.1. The fourth-order valence-corrected chi connectivity index (χ4v) is 3.08. The van der Waals surface area contributed by atoms with Crippen molar-refractivity contribution in [2.24, 2.45) is 5.73 Å². The summed E-state index contributed by atoms with van der Waals surface area (Å²) in [6, 6.07) is -0.476. The van der Waals surface area contributed by atoms with Crippen LogP contribution in [0.15, 0.2) is 12.7 Å². The Balaban J connectivity index is 1.74. The van der Waals surface area contributed by atoms with Crippen LogP contribution in [0.5, 0.6) is 0 Å². The number of nitrogens with one attached hydrogen (secondary N) is 1. The summed E-state index contributed by atoms with van der Waals surface area (Å²) in [7, 11) is 0. The van der Waals surface area contributed by atoms with E-state index in [0.29, 0.717) is 42.8 Å². The molecule has 1 aliphatic carbocycles. The second kappa shape index (κ2) is 6.47. The van der Waals surface area contributed by atoms with Crippen molar-refractivity contribution in [2.45, 2.75) is 43.9 Å². The van der Waals surface area contributed by atoms with Gasteiger partial charge in [0.15, 0.2) is 11.5 Å². The molecule has 2 aromatic heterocycles. The molecule has 1 fully saturated rings. The normalized spacial score (nSPS) is 24.2. The quantitative estimate of drug-likeness (QED) is 0.571. The maximum absolute atomic E-state index is 11.8. The predicted molar refractivity (Wildman–Crippen MR) is 84.2 cm³/mol. The summed E-state index contributed by atoms with van der Waals surface area (Å²) in [5.74, 6) is 0.232. The number of aliphatic hydroxyl groups excluding tert-OH is 1. The van der Waals surface area contributed by atoms with Crippen molar-refractivity contribution in [3.05, 3.63) is 12.7 Å². The van der Waals surface area contributed by atoms with Crippen LogP contribution in [0.3, 0.4) is 0 Å². The van der Waals surface area contributed by atoms with Gasteiger partial charge in [-0.25, -0.2) is 15.0 Å². The van der Waals surface area contributed by atoms with Crippen LogP contribution in [0, 0.1) is 0 Å². The molecule has 1 saturated carbocycles. The Morgan fingerprint density at radius 1 is 1.39 bits per heavy atom. The van der Waals surface area contributed by atoms with Crippen molar-refractivity contribution in [1.29, 1.82) is 0 Å². The Kier molecular flexibility index (Phi) is 4.39. The van der Waals surface area contributed by atoms with Crippen LogP contribution in [-0.2, 0) is 4.79 Å². The summed E-state index contributed by atoms with van der Waals surface area (Å²) < 4.78 is 1.81. The van der Waals surface area contributed by atoms with Crippen molar-refractivity contribution >= 4 is 22.9 Å². The Morgan fingerprint density at radius 2 is 2.22 bits per heavy atom. The van der Waals surface area contributed by atoms with E-state index in [1.54, 1.807) is 6.33 Å². The van der Waals surface area contributed by atoms with Crippen molar-refractivity contribution in [3.8, 4) is 0 Å². The molecule has 2 heterocycles. The lowest BCUT2D eigenvalue weighted by Gasteiger charge is -2.21. The lowest BCUT2D eigenvalue weighted by molar-refractivity contribution is -0.122. The fraction of sp³-hybridized carbons (Fsp3) is 0.571. The van der Waals surface area contributed by atoms with Crippen LogP contribution < -0.4 is 16.8 Å². The average molecular weight is 319 g/mol. The zero-order chi connectivity index (χ0) is 16.4. The molecule has 3 atom stereocenters. The van der Waals surface area contributed by atoms with Crippen molar-refractivity contribution in [3.63, 3.8) is 0 Å². The number of nitrogens with zero attached hydrogens (tertiary/aromatic N) is 4. The molecule has 124 valence electrons. The van der Waals surface area contributed by atoms with E-state index < -0.39 is 6.10 Å². The molecule has 9 nitrogen and oxygen atoms in total. The number of anilines is 1. The number of rotatable bonds is 5. The molecular weight excluding hydrogens is 298 g/mol. The van der Waals surface area contributed by atoms with Gasteiger partial charge in [0, 0.05) is 6.42 Å². The first-order valence-electron chi connectivity index (χ1n) is 7.72. The first kappa shape index (κ1) is 15.6. The van der Waals surface area contributed by atoms with Crippen LogP contribution in [0.1, 0.15) is 31.7 Å². The van der Waals surface area contributed by atoms with E-state index in [4.69, 9.17) is 11.5 Å². The van der Waals surface area contributed by atoms with Crippen LogP contribution in [-0.4, -0.2) is 49.2 Å². The summed E-state index contributed by atoms with van der Waals surface area (Å²) in [4.78, 5) is 24.2. The van der Waals surface area contributed by atoms with Gasteiger partial charge in [0.25, 0.3) is 0 Å². The largest absolute Gasteiger partial charge is 0.389 e. The maximum atomic E-state index is 11.8. The molecule has 1 aliphatic rings. The summed E-state index contributed by atoms with van der Waals surface area (Å²) in [5.41, 5.74) is 12.3. The molecule has 0 aromatic carbocycles. The molecule has 0 radical (unpaired) electrons. The van der Waals surface area contributed by atoms with Gasteiger partial charge in [0.2, 0.25) is 5.91 Å². The molecule has 6 N–H and O–H groups in total. The highest BCUT2D eigenvalue weighted by atomic mass is 16.3. The second-order valence-electron chi connectivity index (χ2n) is 5.78. The van der Waals surface area contributed by atoms with E-state index in [1.807, 2.05) is 4.57 Å². The summed E-state index contributed by atoms with van der Waals surface area (Å²) in [5, 5.41) is 13.4. The third-order valence-electron chi connectivity index (χ3n) is 4.28. The number of nitrogens with two attached hydrogens (primary N) is 2. The van der Waals surface area contributed by atoms with Crippen LogP contribution >= 0.6 is 0 Å².